The van der Waals surface area contributed by atoms with Gasteiger partial charge in [0.2, 0.25) is 0 Å². The molecule has 0 unspecified atom stereocenters. The quantitative estimate of drug-likeness (QED) is 0.349. The predicted molar refractivity (Wildman–Crippen MR) is 90.7 cm³/mol. The molecule has 0 N–H and O–H groups in total. The number of ketones is 1. The first kappa shape index (κ1) is 17.2. The van der Waals surface area contributed by atoms with Crippen molar-refractivity contribution >= 4 is 17.5 Å². The van der Waals surface area contributed by atoms with E-state index in [0.29, 0.717) is 11.3 Å². The Morgan fingerprint density at radius 2 is 1.67 bits per heavy atom. The van der Waals surface area contributed by atoms with Gasteiger partial charge in [-0.3, -0.25) is 14.9 Å². The van der Waals surface area contributed by atoms with Gasteiger partial charge in [-0.1, -0.05) is 29.8 Å². The molecule has 6 nitrogen and oxygen atoms in total. The van der Waals surface area contributed by atoms with Crippen molar-refractivity contribution in [1.29, 1.82) is 0 Å². The third kappa shape index (κ3) is 3.78. The number of hydrogen-bond donors (Lipinski definition) is 0. The van der Waals surface area contributed by atoms with Gasteiger partial charge in [0.05, 0.1) is 30.8 Å². The Kier molecular flexibility index (Phi) is 5.31. The van der Waals surface area contributed by atoms with Gasteiger partial charge >= 0.3 is 0 Å². The van der Waals surface area contributed by atoms with Crippen LogP contribution < -0.4 is 9.47 Å². The summed E-state index contributed by atoms with van der Waals surface area (Å²) >= 11 is 0. The fourth-order valence-corrected chi connectivity index (χ4v) is 2.16. The number of carbonyl (C=O) groups excluding carboxylic acids is 1. The van der Waals surface area contributed by atoms with Gasteiger partial charge in [-0.25, -0.2) is 0 Å². The van der Waals surface area contributed by atoms with Crippen molar-refractivity contribution in [3.63, 3.8) is 0 Å². The second kappa shape index (κ2) is 7.41. The summed E-state index contributed by atoms with van der Waals surface area (Å²) in [6.45, 7) is 1.93. The molecule has 0 aliphatic heterocycles. The van der Waals surface area contributed by atoms with Gasteiger partial charge in [0.25, 0.3) is 5.69 Å². The number of hydrogen-bond acceptors (Lipinski definition) is 5. The maximum atomic E-state index is 12.2. The van der Waals surface area contributed by atoms with Crippen LogP contribution in [-0.2, 0) is 0 Å². The Balaban J connectivity index is 2.38. The fraction of sp³-hybridized carbons (Fsp3) is 0.167. The van der Waals surface area contributed by atoms with Gasteiger partial charge in [0.15, 0.2) is 17.3 Å². The van der Waals surface area contributed by atoms with Crippen LogP contribution in [0.15, 0.2) is 42.5 Å². The summed E-state index contributed by atoms with van der Waals surface area (Å²) in [5.74, 6) is 0.371. The van der Waals surface area contributed by atoms with Gasteiger partial charge in [-0.15, -0.1) is 0 Å². The molecular formula is C18H17NO5. The van der Waals surface area contributed by atoms with Crippen molar-refractivity contribution in [2.75, 3.05) is 14.2 Å². The zero-order valence-electron chi connectivity index (χ0n) is 13.6. The number of carbonyl (C=O) groups is 1. The lowest BCUT2D eigenvalue weighted by Crippen LogP contribution is -1.98. The molecular weight excluding hydrogens is 310 g/mol. The maximum Gasteiger partial charge on any atom is 0.280 e. The van der Waals surface area contributed by atoms with E-state index in [1.54, 1.807) is 12.1 Å². The lowest BCUT2D eigenvalue weighted by molar-refractivity contribution is -0.385. The minimum Gasteiger partial charge on any atom is -0.493 e. The second-order valence-electron chi connectivity index (χ2n) is 5.09. The summed E-state index contributed by atoms with van der Waals surface area (Å²) in [5, 5.41) is 11.2. The van der Waals surface area contributed by atoms with Crippen LogP contribution in [0.5, 0.6) is 11.5 Å². The minimum absolute atomic E-state index is 0.166. The highest BCUT2D eigenvalue weighted by Crippen LogP contribution is 2.35. The van der Waals surface area contributed by atoms with Crippen molar-refractivity contribution in [3.8, 4) is 11.5 Å². The Labute approximate surface area is 139 Å². The van der Waals surface area contributed by atoms with Crippen molar-refractivity contribution in [2.24, 2.45) is 0 Å². The molecule has 24 heavy (non-hydrogen) atoms. The molecule has 2 aromatic carbocycles. The maximum absolute atomic E-state index is 12.2. The Morgan fingerprint density at radius 3 is 2.21 bits per heavy atom. The Hall–Kier alpha value is -3.15. The van der Waals surface area contributed by atoms with Gasteiger partial charge in [0, 0.05) is 5.56 Å². The van der Waals surface area contributed by atoms with Crippen molar-refractivity contribution in [2.45, 2.75) is 6.92 Å². The van der Waals surface area contributed by atoms with E-state index in [9.17, 15) is 14.9 Å². The molecule has 6 heteroatoms. The van der Waals surface area contributed by atoms with E-state index in [4.69, 9.17) is 9.47 Å². The predicted octanol–water partition coefficient (Wildman–Crippen LogP) is 3.82. The van der Waals surface area contributed by atoms with Crippen molar-refractivity contribution in [3.05, 3.63) is 69.3 Å². The smallest absolute Gasteiger partial charge is 0.280 e. The summed E-state index contributed by atoms with van der Waals surface area (Å²) in [5.41, 5.74) is 1.66. The number of nitro groups is 1. The molecule has 0 aliphatic carbocycles. The van der Waals surface area contributed by atoms with E-state index < -0.39 is 4.92 Å². The van der Waals surface area contributed by atoms with E-state index >= 15 is 0 Å². The molecule has 0 atom stereocenters. The summed E-state index contributed by atoms with van der Waals surface area (Å²) in [7, 11) is 2.84. The van der Waals surface area contributed by atoms with E-state index in [2.05, 4.69) is 0 Å². The Bertz CT molecular complexity index is 794. The zero-order chi connectivity index (χ0) is 17.7. The number of allylic oxidation sites excluding steroid dienone is 1. The highest BCUT2D eigenvalue weighted by molar-refractivity contribution is 6.07. The number of methoxy groups -OCH3 is 2. The molecule has 0 spiro atoms. The molecule has 2 aromatic rings. The molecule has 0 saturated carbocycles. The molecule has 0 aromatic heterocycles. The SMILES string of the molecule is COc1cc(/C=C/C(=O)c2ccc(C)cc2)c([N+](=O)[O-])cc1OC. The summed E-state index contributed by atoms with van der Waals surface area (Å²) < 4.78 is 10.2. The van der Waals surface area contributed by atoms with Crippen LogP contribution in [0.4, 0.5) is 5.69 Å². The van der Waals surface area contributed by atoms with E-state index in [1.807, 2.05) is 19.1 Å². The summed E-state index contributed by atoms with van der Waals surface area (Å²) in [6, 6.07) is 9.83. The third-order valence-corrected chi connectivity index (χ3v) is 3.48. The van der Waals surface area contributed by atoms with E-state index in [0.717, 1.165) is 5.56 Å². The molecule has 0 fully saturated rings. The van der Waals surface area contributed by atoms with E-state index in [1.165, 1.54) is 38.5 Å². The highest BCUT2D eigenvalue weighted by atomic mass is 16.6. The van der Waals surface area contributed by atoms with Crippen molar-refractivity contribution < 1.29 is 19.2 Å². The van der Waals surface area contributed by atoms with Crippen LogP contribution in [0.2, 0.25) is 0 Å². The molecule has 124 valence electrons. The lowest BCUT2D eigenvalue weighted by Gasteiger charge is -2.08. The van der Waals surface area contributed by atoms with E-state index in [-0.39, 0.29) is 22.8 Å². The normalized spacial score (nSPS) is 10.6. The number of nitrogens with zero attached hydrogens (tertiary/aromatic N) is 1. The number of ether oxygens (including phenoxy) is 2. The van der Waals surface area contributed by atoms with Gasteiger partial charge < -0.3 is 9.47 Å². The van der Waals surface area contributed by atoms with Gasteiger partial charge in [0.1, 0.15) is 0 Å². The summed E-state index contributed by atoms with van der Waals surface area (Å²) in [6.07, 6.45) is 2.71. The number of aryl methyl sites for hydroxylation is 1. The molecule has 0 amide bonds. The third-order valence-electron chi connectivity index (χ3n) is 3.48. The molecule has 0 aliphatic rings. The zero-order valence-corrected chi connectivity index (χ0v) is 13.6. The standard InChI is InChI=1S/C18H17NO5/c1-12-4-6-13(7-5-12)16(20)9-8-14-10-17(23-2)18(24-3)11-15(14)19(21)22/h4-11H,1-3H3/b9-8+. The monoisotopic (exact) mass is 327 g/mol. The number of nitro benzene ring substituents is 1. The van der Waals surface area contributed by atoms with Crippen LogP contribution in [0.25, 0.3) is 6.08 Å². The fourth-order valence-electron chi connectivity index (χ4n) is 2.16. The van der Waals surface area contributed by atoms with Crippen LogP contribution in [-0.4, -0.2) is 24.9 Å². The molecule has 0 radical (unpaired) electrons. The first-order valence-corrected chi connectivity index (χ1v) is 7.15. The molecule has 2 rings (SSSR count). The largest absolute Gasteiger partial charge is 0.493 e. The van der Waals surface area contributed by atoms with Gasteiger partial charge in [-0.2, -0.15) is 0 Å². The molecule has 0 bridgehead atoms. The Morgan fingerprint density at radius 1 is 1.08 bits per heavy atom. The summed E-state index contributed by atoms with van der Waals surface area (Å²) in [4.78, 5) is 22.9. The van der Waals surface area contributed by atoms with Crippen molar-refractivity contribution in [1.82, 2.24) is 0 Å². The number of benzene rings is 2. The van der Waals surface area contributed by atoms with Gasteiger partial charge in [-0.05, 0) is 25.1 Å². The first-order chi connectivity index (χ1) is 11.5. The van der Waals surface area contributed by atoms with Crippen LogP contribution in [0.3, 0.4) is 0 Å². The van der Waals surface area contributed by atoms with Crippen LogP contribution >= 0.6 is 0 Å². The topological polar surface area (TPSA) is 78.7 Å². The highest BCUT2D eigenvalue weighted by Gasteiger charge is 2.18. The minimum atomic E-state index is -0.530. The molecule has 0 saturated heterocycles. The second-order valence-corrected chi connectivity index (χ2v) is 5.09. The van der Waals surface area contributed by atoms with Crippen LogP contribution in [0, 0.1) is 17.0 Å². The lowest BCUT2D eigenvalue weighted by atomic mass is 10.1. The average Bonchev–Trinajstić information content (AvgIpc) is 2.59. The average molecular weight is 327 g/mol. The molecule has 0 heterocycles. The number of rotatable bonds is 6. The van der Waals surface area contributed by atoms with Crippen LogP contribution in [0.1, 0.15) is 21.5 Å². The first-order valence-electron chi connectivity index (χ1n) is 7.15.